The van der Waals surface area contributed by atoms with Gasteiger partial charge >= 0.3 is 0 Å². The molecule has 1 aliphatic heterocycles. The molecule has 0 amide bonds. The number of aromatic nitrogens is 4. The molecule has 2 aromatic heterocycles. The van der Waals surface area contributed by atoms with Crippen molar-refractivity contribution in [1.29, 1.82) is 5.26 Å². The van der Waals surface area contributed by atoms with Crippen molar-refractivity contribution in [2.45, 2.75) is 38.8 Å². The first kappa shape index (κ1) is 16.3. The van der Waals surface area contributed by atoms with Gasteiger partial charge in [-0.3, -0.25) is 0 Å². The predicted molar refractivity (Wildman–Crippen MR) is 95.8 cm³/mol. The number of nitriles is 1. The van der Waals surface area contributed by atoms with Gasteiger partial charge in [0.05, 0.1) is 17.1 Å². The zero-order chi connectivity index (χ0) is 18.3. The Balaban J connectivity index is 1.79. The van der Waals surface area contributed by atoms with Gasteiger partial charge in [-0.15, -0.1) is 0 Å². The number of aryl methyl sites for hydroxylation is 2. The number of halogens is 1. The van der Waals surface area contributed by atoms with Crippen LogP contribution in [0.2, 0.25) is 0 Å². The minimum atomic E-state index is -0.238. The van der Waals surface area contributed by atoms with Gasteiger partial charge in [0, 0.05) is 12.1 Å². The van der Waals surface area contributed by atoms with Crippen LogP contribution in [-0.2, 0) is 13.0 Å². The lowest BCUT2D eigenvalue weighted by Gasteiger charge is -2.17. The summed E-state index contributed by atoms with van der Waals surface area (Å²) in [5.74, 6) is 1.11. The number of imidazole rings is 1. The van der Waals surface area contributed by atoms with Crippen molar-refractivity contribution in [3.05, 3.63) is 41.2 Å². The Kier molecular flexibility index (Phi) is 3.92. The van der Waals surface area contributed by atoms with Crippen molar-refractivity contribution in [1.82, 2.24) is 19.5 Å². The van der Waals surface area contributed by atoms with Crippen molar-refractivity contribution < 1.29 is 4.39 Å². The van der Waals surface area contributed by atoms with Gasteiger partial charge in [0.25, 0.3) is 0 Å². The van der Waals surface area contributed by atoms with Crippen LogP contribution in [0.4, 0.5) is 16.0 Å². The van der Waals surface area contributed by atoms with E-state index in [4.69, 9.17) is 10.7 Å². The zero-order valence-corrected chi connectivity index (χ0v) is 14.3. The molecule has 3 heterocycles. The Hall–Kier alpha value is -3.21. The maximum absolute atomic E-state index is 14.3. The van der Waals surface area contributed by atoms with E-state index in [2.05, 4.69) is 19.9 Å². The van der Waals surface area contributed by atoms with Crippen molar-refractivity contribution in [3.8, 4) is 6.07 Å². The fraction of sp³-hybridized carbons (Fsp3) is 0.333. The van der Waals surface area contributed by atoms with Gasteiger partial charge in [-0.1, -0.05) is 0 Å². The largest absolute Gasteiger partial charge is 0.382 e. The first-order chi connectivity index (χ1) is 12.6. The predicted octanol–water partition coefficient (Wildman–Crippen LogP) is 2.93. The van der Waals surface area contributed by atoms with Crippen LogP contribution in [0.25, 0.3) is 11.0 Å². The average molecular weight is 351 g/mol. The van der Waals surface area contributed by atoms with Gasteiger partial charge in [-0.05, 0) is 38.3 Å². The van der Waals surface area contributed by atoms with Crippen LogP contribution in [0.3, 0.4) is 0 Å². The number of nitrogens with zero attached hydrogens (tertiary/aromatic N) is 5. The molecule has 0 bridgehead atoms. The number of hydrogen-bond donors (Lipinski definition) is 2. The van der Waals surface area contributed by atoms with Crippen LogP contribution < -0.4 is 11.1 Å². The summed E-state index contributed by atoms with van der Waals surface area (Å²) in [4.78, 5) is 12.7. The zero-order valence-electron chi connectivity index (χ0n) is 14.3. The highest BCUT2D eigenvalue weighted by molar-refractivity contribution is 5.80. The fourth-order valence-electron chi connectivity index (χ4n) is 3.54. The Morgan fingerprint density at radius 1 is 1.35 bits per heavy atom. The number of nitrogens with one attached hydrogen (secondary N) is 1. The van der Waals surface area contributed by atoms with Crippen LogP contribution in [0.5, 0.6) is 0 Å². The second-order valence-electron chi connectivity index (χ2n) is 6.43. The van der Waals surface area contributed by atoms with Gasteiger partial charge in [0.15, 0.2) is 0 Å². The Labute approximate surface area is 149 Å². The second kappa shape index (κ2) is 6.26. The number of hydrogen-bond acceptors (Lipinski definition) is 6. The van der Waals surface area contributed by atoms with Crippen LogP contribution >= 0.6 is 0 Å². The lowest BCUT2D eigenvalue weighted by molar-refractivity contribution is 0.590. The molecule has 3 N–H and O–H groups in total. The van der Waals surface area contributed by atoms with Crippen LogP contribution in [0.1, 0.15) is 42.8 Å². The summed E-state index contributed by atoms with van der Waals surface area (Å²) < 4.78 is 16.4. The Morgan fingerprint density at radius 3 is 3.00 bits per heavy atom. The standard InChI is InChI=1S/C18H18FN7/c1-10(24-17-12(8-20)16(21)22-9-23-17)18-25-14-6-5-13(19)11-4-2-3-7-26(18)15(11)14/h5-6,9-10H,2-4,7H2,1H3,(H3,21,22,23,24)/t10-/m0/s1. The second-order valence-corrected chi connectivity index (χ2v) is 6.43. The van der Waals surface area contributed by atoms with Crippen molar-refractivity contribution in [2.24, 2.45) is 0 Å². The van der Waals surface area contributed by atoms with E-state index in [0.29, 0.717) is 5.82 Å². The molecule has 0 aliphatic carbocycles. The summed E-state index contributed by atoms with van der Waals surface area (Å²) in [5.41, 5.74) is 8.35. The molecule has 8 heteroatoms. The smallest absolute Gasteiger partial charge is 0.150 e. The minimum absolute atomic E-state index is 0.132. The highest BCUT2D eigenvalue weighted by Gasteiger charge is 2.23. The third-order valence-electron chi connectivity index (χ3n) is 4.77. The van der Waals surface area contributed by atoms with E-state index in [9.17, 15) is 9.65 Å². The molecule has 0 saturated carbocycles. The SMILES string of the molecule is C[C@H](Nc1ncnc(N)c1C#N)c1nc2ccc(F)c3c2n1CCCC3. The molecule has 0 saturated heterocycles. The monoisotopic (exact) mass is 351 g/mol. The third-order valence-corrected chi connectivity index (χ3v) is 4.77. The summed E-state index contributed by atoms with van der Waals surface area (Å²) in [7, 11) is 0. The molecule has 0 radical (unpaired) electrons. The van der Waals surface area contributed by atoms with Crippen LogP contribution in [0.15, 0.2) is 18.5 Å². The van der Waals surface area contributed by atoms with Crippen LogP contribution in [-0.4, -0.2) is 19.5 Å². The number of benzene rings is 1. The van der Waals surface area contributed by atoms with E-state index in [1.165, 1.54) is 12.4 Å². The minimum Gasteiger partial charge on any atom is -0.382 e. The van der Waals surface area contributed by atoms with Crippen molar-refractivity contribution in [3.63, 3.8) is 0 Å². The Morgan fingerprint density at radius 2 is 2.19 bits per heavy atom. The summed E-state index contributed by atoms with van der Waals surface area (Å²) in [5, 5.41) is 12.5. The molecule has 7 nitrogen and oxygen atoms in total. The van der Waals surface area contributed by atoms with E-state index in [1.54, 1.807) is 6.07 Å². The summed E-state index contributed by atoms with van der Waals surface area (Å²) >= 11 is 0. The molecular formula is C18H18FN7. The van der Waals surface area contributed by atoms with E-state index in [0.717, 1.165) is 48.2 Å². The number of nitrogen functional groups attached to an aromatic ring is 1. The quantitative estimate of drug-likeness (QED) is 0.751. The van der Waals surface area contributed by atoms with E-state index in [1.807, 2.05) is 13.0 Å². The first-order valence-corrected chi connectivity index (χ1v) is 8.54. The van der Waals surface area contributed by atoms with Crippen molar-refractivity contribution in [2.75, 3.05) is 11.1 Å². The van der Waals surface area contributed by atoms with Crippen LogP contribution in [0, 0.1) is 17.1 Å². The van der Waals surface area contributed by atoms with E-state index < -0.39 is 0 Å². The molecule has 0 spiro atoms. The van der Waals surface area contributed by atoms with E-state index in [-0.39, 0.29) is 23.2 Å². The third kappa shape index (κ3) is 2.52. The lowest BCUT2D eigenvalue weighted by Crippen LogP contribution is -2.16. The van der Waals surface area contributed by atoms with Gasteiger partial charge in [-0.2, -0.15) is 5.26 Å². The summed E-state index contributed by atoms with van der Waals surface area (Å²) in [6.45, 7) is 2.72. The number of rotatable bonds is 3. The molecular weight excluding hydrogens is 333 g/mol. The maximum atomic E-state index is 14.3. The average Bonchev–Trinajstić information content (AvgIpc) is 2.84. The fourth-order valence-corrected chi connectivity index (χ4v) is 3.54. The molecule has 1 aromatic carbocycles. The molecule has 1 aliphatic rings. The topological polar surface area (TPSA) is 105 Å². The van der Waals surface area contributed by atoms with Gasteiger partial charge < -0.3 is 15.6 Å². The maximum Gasteiger partial charge on any atom is 0.150 e. The highest BCUT2D eigenvalue weighted by Crippen LogP contribution is 2.31. The van der Waals surface area contributed by atoms with Gasteiger partial charge in [0.2, 0.25) is 0 Å². The summed E-state index contributed by atoms with van der Waals surface area (Å²) in [6.07, 6.45) is 3.94. The number of nitrogens with two attached hydrogens (primary N) is 1. The molecule has 26 heavy (non-hydrogen) atoms. The molecule has 4 rings (SSSR count). The molecule has 132 valence electrons. The van der Waals surface area contributed by atoms with E-state index >= 15 is 0 Å². The van der Waals surface area contributed by atoms with Crippen molar-refractivity contribution >= 4 is 22.7 Å². The number of anilines is 2. The molecule has 1 atom stereocenters. The first-order valence-electron chi connectivity index (χ1n) is 8.54. The Bertz CT molecular complexity index is 1030. The molecule has 0 unspecified atom stereocenters. The highest BCUT2D eigenvalue weighted by atomic mass is 19.1. The summed E-state index contributed by atoms with van der Waals surface area (Å²) in [6, 6.07) is 4.99. The van der Waals surface area contributed by atoms with Gasteiger partial charge in [0.1, 0.15) is 41.2 Å². The van der Waals surface area contributed by atoms with Gasteiger partial charge in [-0.25, -0.2) is 19.3 Å². The normalized spacial score (nSPS) is 14.7. The molecule has 0 fully saturated rings. The molecule has 3 aromatic rings. The lowest BCUT2D eigenvalue weighted by atomic mass is 10.1.